The number of rotatable bonds is 3. The Labute approximate surface area is 110 Å². The molecule has 0 atom stereocenters. The highest BCUT2D eigenvalue weighted by Crippen LogP contribution is 2.21. The first-order valence-electron chi connectivity index (χ1n) is 6.19. The highest BCUT2D eigenvalue weighted by Gasteiger charge is 2.18. The molecule has 1 N–H and O–H groups in total. The molecule has 0 bridgehead atoms. The average Bonchev–Trinajstić information content (AvgIpc) is 2.90. The van der Waals surface area contributed by atoms with Crippen LogP contribution in [0.2, 0.25) is 0 Å². The molecule has 1 aromatic heterocycles. The lowest BCUT2D eigenvalue weighted by atomic mass is 9.97. The third kappa shape index (κ3) is 2.51. The number of benzene rings is 1. The van der Waals surface area contributed by atoms with Crippen LogP contribution in [0.15, 0.2) is 35.0 Å². The maximum atomic E-state index is 11.0. The molecule has 2 heterocycles. The molecule has 5 heteroatoms. The van der Waals surface area contributed by atoms with Crippen molar-refractivity contribution in [2.75, 3.05) is 6.54 Å². The van der Waals surface area contributed by atoms with Crippen LogP contribution in [0.25, 0.3) is 0 Å². The van der Waals surface area contributed by atoms with Gasteiger partial charge < -0.3 is 9.63 Å². The van der Waals surface area contributed by atoms with Gasteiger partial charge >= 0.3 is 5.97 Å². The van der Waals surface area contributed by atoms with Gasteiger partial charge in [0, 0.05) is 19.2 Å². The number of carboxylic acids is 1. The summed E-state index contributed by atoms with van der Waals surface area (Å²) in [4.78, 5) is 13.2. The Morgan fingerprint density at radius 2 is 2.26 bits per heavy atom. The van der Waals surface area contributed by atoms with Crippen LogP contribution >= 0.6 is 0 Å². The van der Waals surface area contributed by atoms with Gasteiger partial charge in [0.1, 0.15) is 0 Å². The van der Waals surface area contributed by atoms with Gasteiger partial charge in [-0.1, -0.05) is 11.2 Å². The molecule has 5 nitrogen and oxygen atoms in total. The van der Waals surface area contributed by atoms with Crippen LogP contribution in [-0.4, -0.2) is 27.7 Å². The van der Waals surface area contributed by atoms with E-state index in [-0.39, 0.29) is 0 Å². The van der Waals surface area contributed by atoms with E-state index in [9.17, 15) is 4.79 Å². The molecule has 0 saturated heterocycles. The van der Waals surface area contributed by atoms with Crippen molar-refractivity contribution in [3.63, 3.8) is 0 Å². The second-order valence-electron chi connectivity index (χ2n) is 4.73. The fourth-order valence-electron chi connectivity index (χ4n) is 2.43. The molecule has 0 saturated carbocycles. The highest BCUT2D eigenvalue weighted by atomic mass is 16.5. The Bertz CT molecular complexity index is 593. The molecule has 2 aromatic rings. The molecule has 0 spiro atoms. The second kappa shape index (κ2) is 4.85. The SMILES string of the molecule is O=C(O)c1ccc2c(c1)CN(Cc1ccno1)CC2. The molecule has 98 valence electrons. The molecular weight excluding hydrogens is 244 g/mol. The number of fused-ring (bicyclic) bond motifs is 1. The van der Waals surface area contributed by atoms with Crippen LogP contribution in [0.4, 0.5) is 0 Å². The van der Waals surface area contributed by atoms with Crippen molar-refractivity contribution in [3.05, 3.63) is 52.9 Å². The van der Waals surface area contributed by atoms with Gasteiger partial charge in [-0.3, -0.25) is 4.90 Å². The summed E-state index contributed by atoms with van der Waals surface area (Å²) in [6.45, 7) is 2.40. The summed E-state index contributed by atoms with van der Waals surface area (Å²) in [5, 5.41) is 12.7. The smallest absolute Gasteiger partial charge is 0.335 e. The largest absolute Gasteiger partial charge is 0.478 e. The van der Waals surface area contributed by atoms with Gasteiger partial charge in [0.2, 0.25) is 0 Å². The minimum Gasteiger partial charge on any atom is -0.478 e. The van der Waals surface area contributed by atoms with Crippen molar-refractivity contribution in [3.8, 4) is 0 Å². The summed E-state index contributed by atoms with van der Waals surface area (Å²) in [5.41, 5.74) is 2.67. The summed E-state index contributed by atoms with van der Waals surface area (Å²) in [7, 11) is 0. The van der Waals surface area contributed by atoms with Gasteiger partial charge in [0.15, 0.2) is 5.76 Å². The zero-order valence-electron chi connectivity index (χ0n) is 10.4. The maximum absolute atomic E-state index is 11.0. The predicted molar refractivity (Wildman–Crippen MR) is 67.7 cm³/mol. The standard InChI is InChI=1S/C14H14N2O3/c17-14(18)11-2-1-10-4-6-16(8-12(10)7-11)9-13-3-5-15-19-13/h1-3,5,7H,4,6,8-9H2,(H,17,18). The van der Waals surface area contributed by atoms with E-state index in [1.165, 1.54) is 5.56 Å². The van der Waals surface area contributed by atoms with Crippen molar-refractivity contribution in [2.24, 2.45) is 0 Å². The topological polar surface area (TPSA) is 66.6 Å². The second-order valence-corrected chi connectivity index (χ2v) is 4.73. The van der Waals surface area contributed by atoms with Gasteiger partial charge in [-0.15, -0.1) is 0 Å². The number of aromatic carboxylic acids is 1. The summed E-state index contributed by atoms with van der Waals surface area (Å²) in [6.07, 6.45) is 2.57. The first kappa shape index (κ1) is 11.9. The van der Waals surface area contributed by atoms with E-state index >= 15 is 0 Å². The number of carbonyl (C=O) groups is 1. The molecule has 1 aliphatic heterocycles. The lowest BCUT2D eigenvalue weighted by molar-refractivity contribution is 0.0696. The lowest BCUT2D eigenvalue weighted by Gasteiger charge is -2.27. The predicted octanol–water partition coefficient (Wildman–Crippen LogP) is 1.93. The Morgan fingerprint density at radius 3 is 3.00 bits per heavy atom. The van der Waals surface area contributed by atoms with Crippen LogP contribution in [0.5, 0.6) is 0 Å². The van der Waals surface area contributed by atoms with E-state index in [1.54, 1.807) is 18.3 Å². The van der Waals surface area contributed by atoms with Crippen molar-refractivity contribution in [1.29, 1.82) is 0 Å². The molecule has 3 rings (SSSR count). The van der Waals surface area contributed by atoms with E-state index in [2.05, 4.69) is 10.1 Å². The van der Waals surface area contributed by atoms with E-state index < -0.39 is 5.97 Å². The molecule has 0 amide bonds. The van der Waals surface area contributed by atoms with Crippen LogP contribution in [0.3, 0.4) is 0 Å². The normalized spacial score (nSPS) is 15.2. The van der Waals surface area contributed by atoms with Crippen LogP contribution in [-0.2, 0) is 19.5 Å². The number of carboxylic acid groups (broad SMARTS) is 1. The molecule has 1 aliphatic rings. The molecule has 0 radical (unpaired) electrons. The van der Waals surface area contributed by atoms with Crippen LogP contribution in [0, 0.1) is 0 Å². The van der Waals surface area contributed by atoms with E-state index in [4.69, 9.17) is 9.63 Å². The van der Waals surface area contributed by atoms with Gasteiger partial charge in [0.25, 0.3) is 0 Å². The Kier molecular flexibility index (Phi) is 3.05. The van der Waals surface area contributed by atoms with Crippen molar-refractivity contribution >= 4 is 5.97 Å². The Hall–Kier alpha value is -2.14. The van der Waals surface area contributed by atoms with Gasteiger partial charge in [-0.2, -0.15) is 0 Å². The van der Waals surface area contributed by atoms with Crippen molar-refractivity contribution < 1.29 is 14.4 Å². The van der Waals surface area contributed by atoms with Crippen LogP contribution < -0.4 is 0 Å². The minimum atomic E-state index is -0.879. The Balaban J connectivity index is 1.78. The number of hydrogen-bond acceptors (Lipinski definition) is 4. The number of hydrogen-bond donors (Lipinski definition) is 1. The molecule has 19 heavy (non-hydrogen) atoms. The average molecular weight is 258 g/mol. The van der Waals surface area contributed by atoms with Crippen molar-refractivity contribution in [1.82, 2.24) is 10.1 Å². The maximum Gasteiger partial charge on any atom is 0.335 e. The molecule has 1 aromatic carbocycles. The van der Waals surface area contributed by atoms with Gasteiger partial charge in [0.05, 0.1) is 18.3 Å². The van der Waals surface area contributed by atoms with E-state index in [0.717, 1.165) is 30.8 Å². The first-order chi connectivity index (χ1) is 9.22. The third-order valence-corrected chi connectivity index (χ3v) is 3.42. The van der Waals surface area contributed by atoms with Gasteiger partial charge in [-0.05, 0) is 29.7 Å². The molecule has 0 aliphatic carbocycles. The van der Waals surface area contributed by atoms with E-state index in [1.807, 2.05) is 12.1 Å². The fourth-order valence-corrected chi connectivity index (χ4v) is 2.43. The zero-order chi connectivity index (χ0) is 13.2. The van der Waals surface area contributed by atoms with Gasteiger partial charge in [-0.25, -0.2) is 4.79 Å². The number of nitrogens with zero attached hydrogens (tertiary/aromatic N) is 2. The molecular formula is C14H14N2O3. The quantitative estimate of drug-likeness (QED) is 0.911. The monoisotopic (exact) mass is 258 g/mol. The summed E-state index contributed by atoms with van der Waals surface area (Å²) < 4.78 is 5.10. The summed E-state index contributed by atoms with van der Waals surface area (Å²) >= 11 is 0. The summed E-state index contributed by atoms with van der Waals surface area (Å²) in [6, 6.07) is 7.21. The first-order valence-corrected chi connectivity index (χ1v) is 6.19. The fraction of sp³-hybridized carbons (Fsp3) is 0.286. The van der Waals surface area contributed by atoms with Crippen LogP contribution in [0.1, 0.15) is 27.2 Å². The Morgan fingerprint density at radius 1 is 1.37 bits per heavy atom. The highest BCUT2D eigenvalue weighted by molar-refractivity contribution is 5.87. The molecule has 0 unspecified atom stereocenters. The third-order valence-electron chi connectivity index (χ3n) is 3.42. The van der Waals surface area contributed by atoms with Crippen molar-refractivity contribution in [2.45, 2.75) is 19.5 Å². The number of aromatic nitrogens is 1. The summed E-state index contributed by atoms with van der Waals surface area (Å²) in [5.74, 6) is -0.0482. The van der Waals surface area contributed by atoms with E-state index in [0.29, 0.717) is 12.1 Å². The lowest BCUT2D eigenvalue weighted by Crippen LogP contribution is -2.30. The minimum absolute atomic E-state index is 0.347. The molecule has 0 fully saturated rings. The zero-order valence-corrected chi connectivity index (χ0v) is 10.4.